The van der Waals surface area contributed by atoms with Crippen molar-refractivity contribution in [1.82, 2.24) is 5.32 Å². The number of methoxy groups -OCH3 is 1. The highest BCUT2D eigenvalue weighted by molar-refractivity contribution is 5.78. The van der Waals surface area contributed by atoms with E-state index in [1.165, 1.54) is 0 Å². The van der Waals surface area contributed by atoms with Crippen molar-refractivity contribution in [2.75, 3.05) is 27.4 Å². The summed E-state index contributed by atoms with van der Waals surface area (Å²) >= 11 is 0. The zero-order valence-corrected chi connectivity index (χ0v) is 11.5. The lowest BCUT2D eigenvalue weighted by Gasteiger charge is -2.25. The van der Waals surface area contributed by atoms with Crippen LogP contribution in [0.2, 0.25) is 0 Å². The lowest BCUT2D eigenvalue weighted by atomic mass is 9.99. The molecule has 5 heteroatoms. The van der Waals surface area contributed by atoms with Gasteiger partial charge in [0, 0.05) is 20.3 Å². The fraction of sp³-hybridized carbons (Fsp3) is 0.917. The number of aliphatic carboxylic acids is 1. The van der Waals surface area contributed by atoms with Crippen molar-refractivity contribution < 1.29 is 19.4 Å². The average molecular weight is 247 g/mol. The van der Waals surface area contributed by atoms with Crippen LogP contribution in [-0.4, -0.2) is 49.6 Å². The van der Waals surface area contributed by atoms with E-state index in [0.717, 1.165) is 6.42 Å². The summed E-state index contributed by atoms with van der Waals surface area (Å²) in [5.41, 5.74) is -1.12. The Balaban J connectivity index is 3.82. The number of likely N-dealkylation sites (N-methyl/N-ethyl adjacent to an activating group) is 1. The van der Waals surface area contributed by atoms with Crippen LogP contribution in [0.1, 0.15) is 33.6 Å². The van der Waals surface area contributed by atoms with Gasteiger partial charge >= 0.3 is 5.97 Å². The molecule has 0 heterocycles. The number of carboxylic acid groups (broad SMARTS) is 1. The molecule has 0 aromatic rings. The van der Waals surface area contributed by atoms with E-state index in [-0.39, 0.29) is 5.60 Å². The van der Waals surface area contributed by atoms with Crippen LogP contribution in [0.15, 0.2) is 0 Å². The van der Waals surface area contributed by atoms with Crippen molar-refractivity contribution in [3.63, 3.8) is 0 Å². The van der Waals surface area contributed by atoms with Crippen LogP contribution < -0.4 is 5.32 Å². The van der Waals surface area contributed by atoms with Gasteiger partial charge in [0.15, 0.2) is 0 Å². The normalized spacial score (nSPS) is 15.6. The first-order valence-electron chi connectivity index (χ1n) is 5.82. The number of hydrogen-bond donors (Lipinski definition) is 2. The van der Waals surface area contributed by atoms with Crippen molar-refractivity contribution in [2.45, 2.75) is 44.8 Å². The Morgan fingerprint density at radius 2 is 1.76 bits per heavy atom. The number of hydrogen-bond acceptors (Lipinski definition) is 4. The minimum atomic E-state index is -0.920. The van der Waals surface area contributed by atoms with E-state index in [1.54, 1.807) is 21.1 Å². The zero-order valence-electron chi connectivity index (χ0n) is 11.5. The second kappa shape index (κ2) is 6.93. The van der Waals surface area contributed by atoms with Crippen LogP contribution in [0.3, 0.4) is 0 Å². The molecule has 5 nitrogen and oxygen atoms in total. The molecule has 0 bridgehead atoms. The molecule has 0 amide bonds. The topological polar surface area (TPSA) is 67.8 Å². The van der Waals surface area contributed by atoms with E-state index in [1.807, 2.05) is 13.8 Å². The Morgan fingerprint density at radius 3 is 2.18 bits per heavy atom. The van der Waals surface area contributed by atoms with Gasteiger partial charge < -0.3 is 19.9 Å². The zero-order chi connectivity index (χ0) is 13.5. The molecule has 2 N–H and O–H groups in total. The number of carbonyl (C=O) groups is 1. The SMILES string of the molecule is CNC(C)(CCOCCC(C)(C)OC)C(=O)O. The predicted octanol–water partition coefficient (Wildman–Crippen LogP) is 1.27. The second-order valence-electron chi connectivity index (χ2n) is 4.96. The van der Waals surface area contributed by atoms with Gasteiger partial charge in [-0.1, -0.05) is 0 Å². The van der Waals surface area contributed by atoms with Crippen LogP contribution in [0.4, 0.5) is 0 Å². The van der Waals surface area contributed by atoms with E-state index in [4.69, 9.17) is 14.6 Å². The van der Waals surface area contributed by atoms with Crippen LogP contribution >= 0.6 is 0 Å². The highest BCUT2D eigenvalue weighted by atomic mass is 16.5. The molecule has 0 spiro atoms. The summed E-state index contributed by atoms with van der Waals surface area (Å²) in [5, 5.41) is 11.8. The number of ether oxygens (including phenoxy) is 2. The van der Waals surface area contributed by atoms with Gasteiger partial charge in [-0.2, -0.15) is 0 Å². The van der Waals surface area contributed by atoms with Gasteiger partial charge in [-0.25, -0.2) is 0 Å². The minimum absolute atomic E-state index is 0.195. The summed E-state index contributed by atoms with van der Waals surface area (Å²) in [4.78, 5) is 11.0. The molecule has 0 rings (SSSR count). The largest absolute Gasteiger partial charge is 0.480 e. The Bertz CT molecular complexity index is 243. The van der Waals surface area contributed by atoms with Gasteiger partial charge in [0.1, 0.15) is 5.54 Å². The van der Waals surface area contributed by atoms with E-state index in [2.05, 4.69) is 5.32 Å². The Labute approximate surface area is 103 Å². The molecule has 0 fully saturated rings. The smallest absolute Gasteiger partial charge is 0.323 e. The maximum Gasteiger partial charge on any atom is 0.323 e. The van der Waals surface area contributed by atoms with Crippen molar-refractivity contribution in [3.05, 3.63) is 0 Å². The van der Waals surface area contributed by atoms with Gasteiger partial charge in [-0.05, 0) is 40.7 Å². The molecule has 17 heavy (non-hydrogen) atoms. The summed E-state index contributed by atoms with van der Waals surface area (Å²) in [6, 6.07) is 0. The summed E-state index contributed by atoms with van der Waals surface area (Å²) < 4.78 is 10.7. The Hall–Kier alpha value is -0.650. The molecule has 1 atom stereocenters. The van der Waals surface area contributed by atoms with Gasteiger partial charge in [-0.3, -0.25) is 4.79 Å². The lowest BCUT2D eigenvalue weighted by molar-refractivity contribution is -0.144. The second-order valence-corrected chi connectivity index (χ2v) is 4.96. The molecule has 0 aromatic carbocycles. The van der Waals surface area contributed by atoms with E-state index in [0.29, 0.717) is 19.6 Å². The molecule has 0 aliphatic heterocycles. The maximum absolute atomic E-state index is 11.0. The van der Waals surface area contributed by atoms with Gasteiger partial charge in [0.05, 0.1) is 5.60 Å². The Morgan fingerprint density at radius 1 is 1.24 bits per heavy atom. The first-order chi connectivity index (χ1) is 7.77. The first-order valence-corrected chi connectivity index (χ1v) is 5.82. The standard InChI is InChI=1S/C12H25NO4/c1-11(2,16-5)6-8-17-9-7-12(3,13-4)10(14)15/h13H,6-9H2,1-5H3,(H,14,15). The third kappa shape index (κ3) is 6.00. The van der Waals surface area contributed by atoms with E-state index in [9.17, 15) is 4.79 Å². The molecule has 0 saturated heterocycles. The number of rotatable bonds is 9. The summed E-state index contributed by atoms with van der Waals surface area (Å²) in [7, 11) is 3.31. The molecule has 0 saturated carbocycles. The summed E-state index contributed by atoms with van der Waals surface area (Å²) in [6.07, 6.45) is 1.22. The monoisotopic (exact) mass is 247 g/mol. The minimum Gasteiger partial charge on any atom is -0.480 e. The summed E-state index contributed by atoms with van der Waals surface area (Å²) in [6.45, 7) is 6.62. The summed E-state index contributed by atoms with van der Waals surface area (Å²) in [5.74, 6) is -0.860. The highest BCUT2D eigenvalue weighted by Crippen LogP contribution is 2.13. The third-order valence-electron chi connectivity index (χ3n) is 3.17. The molecular weight excluding hydrogens is 222 g/mol. The fourth-order valence-electron chi connectivity index (χ4n) is 1.14. The highest BCUT2D eigenvalue weighted by Gasteiger charge is 2.30. The lowest BCUT2D eigenvalue weighted by Crippen LogP contribution is -2.48. The van der Waals surface area contributed by atoms with Crippen LogP contribution in [0.5, 0.6) is 0 Å². The van der Waals surface area contributed by atoms with Crippen molar-refractivity contribution in [2.24, 2.45) is 0 Å². The molecular formula is C12H25NO4. The van der Waals surface area contributed by atoms with Gasteiger partial charge in [0.25, 0.3) is 0 Å². The van der Waals surface area contributed by atoms with Crippen LogP contribution in [0.25, 0.3) is 0 Å². The maximum atomic E-state index is 11.0. The fourth-order valence-corrected chi connectivity index (χ4v) is 1.14. The average Bonchev–Trinajstić information content (AvgIpc) is 2.28. The molecule has 0 aromatic heterocycles. The van der Waals surface area contributed by atoms with Gasteiger partial charge in [0.2, 0.25) is 0 Å². The molecule has 0 radical (unpaired) electrons. The number of carboxylic acids is 1. The molecule has 1 unspecified atom stereocenters. The number of nitrogens with one attached hydrogen (secondary N) is 1. The first kappa shape index (κ1) is 16.4. The van der Waals surface area contributed by atoms with E-state index < -0.39 is 11.5 Å². The molecule has 0 aliphatic carbocycles. The third-order valence-corrected chi connectivity index (χ3v) is 3.17. The van der Waals surface area contributed by atoms with E-state index >= 15 is 0 Å². The van der Waals surface area contributed by atoms with Crippen molar-refractivity contribution in [3.8, 4) is 0 Å². The van der Waals surface area contributed by atoms with Crippen LogP contribution in [0, 0.1) is 0 Å². The van der Waals surface area contributed by atoms with Crippen molar-refractivity contribution >= 4 is 5.97 Å². The quantitative estimate of drug-likeness (QED) is 0.601. The molecule has 0 aliphatic rings. The predicted molar refractivity (Wildman–Crippen MR) is 66.2 cm³/mol. The molecule has 102 valence electrons. The van der Waals surface area contributed by atoms with Crippen molar-refractivity contribution in [1.29, 1.82) is 0 Å². The Kier molecular flexibility index (Phi) is 6.67. The van der Waals surface area contributed by atoms with Crippen LogP contribution in [-0.2, 0) is 14.3 Å². The van der Waals surface area contributed by atoms with Gasteiger partial charge in [-0.15, -0.1) is 0 Å².